The first-order valence-corrected chi connectivity index (χ1v) is 15.3. The predicted octanol–water partition coefficient (Wildman–Crippen LogP) is 6.98. The molecule has 0 unspecified atom stereocenters. The second-order valence-electron chi connectivity index (χ2n) is 10.3. The third-order valence-corrected chi connectivity index (χ3v) is 8.39. The van der Waals surface area contributed by atoms with E-state index in [1.807, 2.05) is 50.3 Å². The fourth-order valence-electron chi connectivity index (χ4n) is 5.67. The molecular formula is C33H37N3O5S. The van der Waals surface area contributed by atoms with Gasteiger partial charge >= 0.3 is 5.97 Å². The summed E-state index contributed by atoms with van der Waals surface area (Å²) >= 11 is 1.39. The lowest BCUT2D eigenvalue weighted by atomic mass is 9.99. The van der Waals surface area contributed by atoms with E-state index < -0.39 is 11.5 Å². The predicted molar refractivity (Wildman–Crippen MR) is 169 cm³/mol. The number of thioether (sulfide) groups is 1. The summed E-state index contributed by atoms with van der Waals surface area (Å²) in [5, 5.41) is 1.09. The van der Waals surface area contributed by atoms with Gasteiger partial charge in [0.15, 0.2) is 17.0 Å². The number of rotatable bonds is 9. The maximum atomic E-state index is 14.2. The molecule has 8 nitrogen and oxygen atoms in total. The largest absolute Gasteiger partial charge is 0.490 e. The molecule has 2 aliphatic heterocycles. The van der Waals surface area contributed by atoms with Crippen molar-refractivity contribution in [3.05, 3.63) is 69.8 Å². The highest BCUT2D eigenvalue weighted by atomic mass is 32.2. The van der Waals surface area contributed by atoms with E-state index >= 15 is 0 Å². The van der Waals surface area contributed by atoms with Gasteiger partial charge in [-0.15, -0.1) is 0 Å². The van der Waals surface area contributed by atoms with Crippen LogP contribution in [-0.2, 0) is 14.3 Å². The van der Waals surface area contributed by atoms with Gasteiger partial charge in [-0.1, -0.05) is 30.0 Å². The van der Waals surface area contributed by atoms with Crippen LogP contribution in [0.4, 0.5) is 0 Å². The Kier molecular flexibility index (Phi) is 8.50. The lowest BCUT2D eigenvalue weighted by molar-refractivity contribution is -0.137. The van der Waals surface area contributed by atoms with E-state index in [-0.39, 0.29) is 24.1 Å². The van der Waals surface area contributed by atoms with Crippen molar-refractivity contribution in [3.63, 3.8) is 0 Å². The van der Waals surface area contributed by atoms with Crippen molar-refractivity contribution >= 4 is 52.0 Å². The molecule has 2 aliphatic rings. The number of fused-ring (bicyclic) bond motifs is 2. The van der Waals surface area contributed by atoms with Crippen molar-refractivity contribution in [2.24, 2.45) is 4.99 Å². The highest BCUT2D eigenvalue weighted by Gasteiger charge is 2.44. The summed E-state index contributed by atoms with van der Waals surface area (Å²) in [5.41, 5.74) is 4.55. The van der Waals surface area contributed by atoms with E-state index in [1.54, 1.807) is 18.7 Å². The molecule has 0 N–H and O–H groups in total. The molecule has 3 aromatic rings. The van der Waals surface area contributed by atoms with E-state index in [1.165, 1.54) is 11.8 Å². The fraction of sp³-hybridized carbons (Fsp3) is 0.364. The number of benzene rings is 2. The average Bonchev–Trinajstić information content (AvgIpc) is 3.42. The third-order valence-electron chi connectivity index (χ3n) is 7.32. The van der Waals surface area contributed by atoms with Crippen LogP contribution in [0, 0.1) is 6.92 Å². The smallest absolute Gasteiger partial charge is 0.342 e. The quantitative estimate of drug-likeness (QED) is 0.199. The standard InChI is InChI=1S/C33H37N3O5S/c1-8-39-26-16-15-22(17-27(26)40-9-2)30-29(32(38)41-10-3)20(6)34-33-36(30)31(37)28(42-33)18-24-21(7)35(19(4)5)25-14-12-11-13-23(24)25/h11-19,33H,8-10H2,1-7H3/b28-18+/t33-/m0/s1. The molecular weight excluding hydrogens is 550 g/mol. The minimum Gasteiger partial charge on any atom is -0.490 e. The Bertz CT molecular complexity index is 1650. The number of ether oxygens (including phenoxy) is 3. The number of carbonyl (C=O) groups is 2. The van der Waals surface area contributed by atoms with Crippen LogP contribution in [0.2, 0.25) is 0 Å². The van der Waals surface area contributed by atoms with Crippen LogP contribution in [0.5, 0.6) is 11.5 Å². The molecule has 1 saturated heterocycles. The number of carbonyl (C=O) groups excluding carboxylic acids is 2. The Morgan fingerprint density at radius 1 is 1.02 bits per heavy atom. The van der Waals surface area contributed by atoms with Gasteiger partial charge in [0.1, 0.15) is 5.57 Å². The number of para-hydroxylation sites is 1. The Balaban J connectivity index is 1.67. The molecule has 3 heterocycles. The van der Waals surface area contributed by atoms with Gasteiger partial charge < -0.3 is 18.8 Å². The van der Waals surface area contributed by atoms with Crippen molar-refractivity contribution in [3.8, 4) is 11.5 Å². The molecule has 0 saturated carbocycles. The van der Waals surface area contributed by atoms with E-state index in [0.717, 1.165) is 22.2 Å². The third kappa shape index (κ3) is 5.11. The zero-order valence-electron chi connectivity index (χ0n) is 25.2. The monoisotopic (exact) mass is 587 g/mol. The number of nitrogens with zero attached hydrogens (tertiary/aromatic N) is 3. The van der Waals surface area contributed by atoms with Crippen LogP contribution >= 0.6 is 11.8 Å². The van der Waals surface area contributed by atoms with Gasteiger partial charge in [0.2, 0.25) is 0 Å². The van der Waals surface area contributed by atoms with Crippen molar-refractivity contribution in [2.45, 2.75) is 60.0 Å². The van der Waals surface area contributed by atoms with Crippen molar-refractivity contribution in [1.29, 1.82) is 0 Å². The first kappa shape index (κ1) is 29.5. The van der Waals surface area contributed by atoms with Gasteiger partial charge in [-0.25, -0.2) is 4.79 Å². The first-order valence-electron chi connectivity index (χ1n) is 14.4. The molecule has 9 heteroatoms. The highest BCUT2D eigenvalue weighted by molar-refractivity contribution is 8.05. The van der Waals surface area contributed by atoms with E-state index in [4.69, 9.17) is 19.2 Å². The summed E-state index contributed by atoms with van der Waals surface area (Å²) in [6.45, 7) is 14.9. The minimum atomic E-state index is -0.558. The molecule has 0 bridgehead atoms. The molecule has 2 aromatic carbocycles. The summed E-state index contributed by atoms with van der Waals surface area (Å²) in [7, 11) is 0. The van der Waals surface area contributed by atoms with Crippen LogP contribution in [0.3, 0.4) is 0 Å². The molecule has 1 aromatic heterocycles. The average molecular weight is 588 g/mol. The minimum absolute atomic E-state index is 0.201. The second-order valence-corrected chi connectivity index (χ2v) is 11.4. The second kappa shape index (κ2) is 12.1. The molecule has 42 heavy (non-hydrogen) atoms. The van der Waals surface area contributed by atoms with Crippen LogP contribution in [-0.4, -0.2) is 52.4 Å². The molecule has 1 atom stereocenters. The van der Waals surface area contributed by atoms with E-state index in [2.05, 4.69) is 37.5 Å². The van der Waals surface area contributed by atoms with Gasteiger partial charge in [0, 0.05) is 33.8 Å². The Labute approximate surface area is 251 Å². The van der Waals surface area contributed by atoms with Gasteiger partial charge in [-0.2, -0.15) is 0 Å². The molecule has 0 spiro atoms. The van der Waals surface area contributed by atoms with Crippen LogP contribution < -0.4 is 9.47 Å². The van der Waals surface area contributed by atoms with Crippen molar-refractivity contribution in [1.82, 2.24) is 9.47 Å². The molecule has 0 aliphatic carbocycles. The normalized spacial score (nSPS) is 17.8. The zero-order chi connectivity index (χ0) is 30.1. The highest BCUT2D eigenvalue weighted by Crippen LogP contribution is 2.47. The lowest BCUT2D eigenvalue weighted by Crippen LogP contribution is -2.37. The van der Waals surface area contributed by atoms with Crippen LogP contribution in [0.15, 0.2) is 57.9 Å². The van der Waals surface area contributed by atoms with E-state index in [9.17, 15) is 9.59 Å². The number of hydrogen-bond donors (Lipinski definition) is 0. The first-order chi connectivity index (χ1) is 20.2. The van der Waals surface area contributed by atoms with E-state index in [0.29, 0.717) is 46.6 Å². The number of aromatic nitrogens is 1. The molecule has 1 amide bonds. The Morgan fingerprint density at radius 3 is 2.43 bits per heavy atom. The summed E-state index contributed by atoms with van der Waals surface area (Å²) in [5.74, 6) is 0.395. The van der Waals surface area contributed by atoms with Gasteiger partial charge in [0.05, 0.1) is 36.1 Å². The number of amides is 1. The van der Waals surface area contributed by atoms with Gasteiger partial charge in [-0.05, 0) is 78.8 Å². The molecule has 0 radical (unpaired) electrons. The number of aliphatic imine (C=N–C) groups is 1. The van der Waals surface area contributed by atoms with Gasteiger partial charge in [-0.3, -0.25) is 14.7 Å². The topological polar surface area (TPSA) is 82.4 Å². The number of esters is 1. The molecule has 220 valence electrons. The van der Waals surface area contributed by atoms with Crippen molar-refractivity contribution in [2.75, 3.05) is 19.8 Å². The fourth-order valence-corrected chi connectivity index (χ4v) is 6.80. The zero-order valence-corrected chi connectivity index (χ0v) is 26.0. The number of hydrogen-bond acceptors (Lipinski definition) is 7. The van der Waals surface area contributed by atoms with Crippen molar-refractivity contribution < 1.29 is 23.8 Å². The van der Waals surface area contributed by atoms with Crippen LogP contribution in [0.25, 0.3) is 22.7 Å². The Morgan fingerprint density at radius 2 is 1.74 bits per heavy atom. The summed E-state index contributed by atoms with van der Waals surface area (Å²) in [4.78, 5) is 34.5. The molecule has 5 rings (SSSR count). The summed E-state index contributed by atoms with van der Waals surface area (Å²) in [6, 6.07) is 14.0. The maximum Gasteiger partial charge on any atom is 0.342 e. The maximum absolute atomic E-state index is 14.2. The summed E-state index contributed by atoms with van der Waals surface area (Å²) in [6.07, 6.45) is 1.97. The summed E-state index contributed by atoms with van der Waals surface area (Å²) < 4.78 is 19.4. The molecule has 1 fully saturated rings. The van der Waals surface area contributed by atoms with Gasteiger partial charge in [0.25, 0.3) is 5.91 Å². The Hall–Kier alpha value is -3.98. The van der Waals surface area contributed by atoms with Crippen LogP contribution in [0.1, 0.15) is 64.4 Å². The lowest BCUT2D eigenvalue weighted by Gasteiger charge is -2.30. The SMILES string of the molecule is CCOC(=O)C1=C(c2ccc(OCC)c(OCC)c2)N2C(=O)/C(=C\c3c(C)n(C(C)C)c4ccccc34)S[C@H]2N=C1C.